The highest BCUT2D eigenvalue weighted by molar-refractivity contribution is 5.79. The minimum absolute atomic E-state index is 0.332. The van der Waals surface area contributed by atoms with E-state index in [1.165, 1.54) is 31.2 Å². The average Bonchev–Trinajstić information content (AvgIpc) is 3.11. The van der Waals surface area contributed by atoms with E-state index in [9.17, 15) is 4.79 Å². The van der Waals surface area contributed by atoms with Crippen LogP contribution in [0.15, 0.2) is 30.3 Å². The molecule has 1 atom stereocenters. The third kappa shape index (κ3) is 4.07. The summed E-state index contributed by atoms with van der Waals surface area (Å²) in [6.45, 7) is 1.81. The van der Waals surface area contributed by atoms with E-state index in [1.54, 1.807) is 0 Å². The van der Waals surface area contributed by atoms with E-state index < -0.39 is 0 Å². The monoisotopic (exact) mass is 286 g/mol. The van der Waals surface area contributed by atoms with Gasteiger partial charge >= 0.3 is 0 Å². The van der Waals surface area contributed by atoms with E-state index in [1.807, 2.05) is 6.07 Å². The number of amides is 1. The van der Waals surface area contributed by atoms with Gasteiger partial charge in [-0.25, -0.2) is 0 Å². The summed E-state index contributed by atoms with van der Waals surface area (Å²) >= 11 is 0. The lowest BCUT2D eigenvalue weighted by Gasteiger charge is -2.19. The number of rotatable bonds is 6. The SMILES string of the molecule is O=C1C[C@@H](NC2CCCC2)CN1CCCc1ccccc1. The van der Waals surface area contributed by atoms with Gasteiger partial charge in [-0.05, 0) is 31.2 Å². The lowest BCUT2D eigenvalue weighted by molar-refractivity contribution is -0.127. The molecule has 1 amide bonds. The van der Waals surface area contributed by atoms with Crippen LogP contribution >= 0.6 is 0 Å². The van der Waals surface area contributed by atoms with Gasteiger partial charge in [0.05, 0.1) is 0 Å². The second kappa shape index (κ2) is 7.08. The van der Waals surface area contributed by atoms with Crippen LogP contribution in [0, 0.1) is 0 Å². The Morgan fingerprint density at radius 3 is 2.62 bits per heavy atom. The molecule has 3 heteroatoms. The molecule has 114 valence electrons. The molecule has 0 unspecified atom stereocenters. The van der Waals surface area contributed by atoms with Crippen molar-refractivity contribution >= 4 is 5.91 Å². The Balaban J connectivity index is 1.40. The average molecular weight is 286 g/mol. The zero-order valence-corrected chi connectivity index (χ0v) is 12.8. The maximum absolute atomic E-state index is 12.1. The number of carbonyl (C=O) groups is 1. The van der Waals surface area contributed by atoms with Crippen LogP contribution < -0.4 is 5.32 Å². The molecule has 1 saturated carbocycles. The minimum Gasteiger partial charge on any atom is -0.341 e. The van der Waals surface area contributed by atoms with E-state index in [0.29, 0.717) is 24.4 Å². The van der Waals surface area contributed by atoms with Gasteiger partial charge in [0.25, 0.3) is 0 Å². The van der Waals surface area contributed by atoms with Gasteiger partial charge in [-0.3, -0.25) is 4.79 Å². The Labute approximate surface area is 127 Å². The van der Waals surface area contributed by atoms with Crippen LogP contribution in [0.2, 0.25) is 0 Å². The Bertz CT molecular complexity index is 454. The summed E-state index contributed by atoms with van der Waals surface area (Å²) in [5.74, 6) is 0.332. The van der Waals surface area contributed by atoms with Crippen molar-refractivity contribution < 1.29 is 4.79 Å². The summed E-state index contributed by atoms with van der Waals surface area (Å²) in [6.07, 6.45) is 8.09. The Morgan fingerprint density at radius 1 is 1.10 bits per heavy atom. The molecule has 3 nitrogen and oxygen atoms in total. The molecular weight excluding hydrogens is 260 g/mol. The first kappa shape index (κ1) is 14.6. The van der Waals surface area contributed by atoms with Crippen LogP contribution in [-0.2, 0) is 11.2 Å². The second-order valence-electron chi connectivity index (χ2n) is 6.48. The largest absolute Gasteiger partial charge is 0.341 e. The van der Waals surface area contributed by atoms with Crippen molar-refractivity contribution in [2.24, 2.45) is 0 Å². The molecule has 1 aromatic rings. The first-order valence-corrected chi connectivity index (χ1v) is 8.39. The van der Waals surface area contributed by atoms with Crippen LogP contribution in [-0.4, -0.2) is 36.0 Å². The summed E-state index contributed by atoms with van der Waals surface area (Å²) in [5.41, 5.74) is 1.37. The maximum Gasteiger partial charge on any atom is 0.224 e. The molecule has 1 aliphatic heterocycles. The number of carbonyl (C=O) groups excluding carboxylic acids is 1. The Morgan fingerprint density at radius 2 is 1.86 bits per heavy atom. The topological polar surface area (TPSA) is 32.3 Å². The van der Waals surface area contributed by atoms with Crippen molar-refractivity contribution in [3.63, 3.8) is 0 Å². The number of nitrogens with one attached hydrogen (secondary N) is 1. The van der Waals surface area contributed by atoms with E-state index in [-0.39, 0.29) is 0 Å². The summed E-state index contributed by atoms with van der Waals surface area (Å²) in [6, 6.07) is 11.6. The summed E-state index contributed by atoms with van der Waals surface area (Å²) < 4.78 is 0. The predicted molar refractivity (Wildman–Crippen MR) is 85.1 cm³/mol. The minimum atomic E-state index is 0.332. The van der Waals surface area contributed by atoms with Gasteiger partial charge in [0.1, 0.15) is 0 Å². The summed E-state index contributed by atoms with van der Waals surface area (Å²) in [4.78, 5) is 14.1. The number of hydrogen-bond acceptors (Lipinski definition) is 2. The molecule has 2 fully saturated rings. The first-order chi connectivity index (χ1) is 10.3. The number of nitrogens with zero attached hydrogens (tertiary/aromatic N) is 1. The molecule has 0 spiro atoms. The summed E-state index contributed by atoms with van der Waals surface area (Å²) in [5, 5.41) is 3.68. The molecule has 1 N–H and O–H groups in total. The highest BCUT2D eigenvalue weighted by Crippen LogP contribution is 2.21. The molecular formula is C18H26N2O. The van der Waals surface area contributed by atoms with E-state index in [2.05, 4.69) is 34.5 Å². The van der Waals surface area contributed by atoms with E-state index >= 15 is 0 Å². The normalized spacial score (nSPS) is 23.1. The van der Waals surface area contributed by atoms with Crippen LogP contribution in [0.25, 0.3) is 0 Å². The van der Waals surface area contributed by atoms with Gasteiger partial charge in [0, 0.05) is 31.6 Å². The lowest BCUT2D eigenvalue weighted by Crippen LogP contribution is -2.38. The number of hydrogen-bond donors (Lipinski definition) is 1. The van der Waals surface area contributed by atoms with Gasteiger partial charge in [-0.1, -0.05) is 43.2 Å². The van der Waals surface area contributed by atoms with Gasteiger partial charge < -0.3 is 10.2 Å². The molecule has 1 saturated heterocycles. The second-order valence-corrected chi connectivity index (χ2v) is 6.48. The van der Waals surface area contributed by atoms with E-state index in [0.717, 1.165) is 25.9 Å². The number of benzene rings is 1. The molecule has 1 aromatic carbocycles. The molecule has 1 heterocycles. The molecule has 0 radical (unpaired) electrons. The fraction of sp³-hybridized carbons (Fsp3) is 0.611. The van der Waals surface area contributed by atoms with Crippen LogP contribution in [0.3, 0.4) is 0 Å². The standard InChI is InChI=1S/C18H26N2O/c21-18-13-17(19-16-10-4-5-11-16)14-20(18)12-6-9-15-7-2-1-3-8-15/h1-3,7-8,16-17,19H,4-6,9-14H2/t17-/m1/s1. The van der Waals surface area contributed by atoms with Gasteiger partial charge in [-0.15, -0.1) is 0 Å². The molecule has 21 heavy (non-hydrogen) atoms. The van der Waals surface area contributed by atoms with Crippen molar-refractivity contribution in [3.8, 4) is 0 Å². The fourth-order valence-electron chi connectivity index (χ4n) is 3.64. The predicted octanol–water partition coefficient (Wildman–Crippen LogP) is 2.75. The van der Waals surface area contributed by atoms with Crippen molar-refractivity contribution in [1.29, 1.82) is 0 Å². The van der Waals surface area contributed by atoms with Crippen LogP contribution in [0.4, 0.5) is 0 Å². The first-order valence-electron chi connectivity index (χ1n) is 8.39. The third-order valence-electron chi connectivity index (χ3n) is 4.78. The summed E-state index contributed by atoms with van der Waals surface area (Å²) in [7, 11) is 0. The zero-order valence-electron chi connectivity index (χ0n) is 12.8. The van der Waals surface area contributed by atoms with E-state index in [4.69, 9.17) is 0 Å². The fourth-order valence-corrected chi connectivity index (χ4v) is 3.64. The molecule has 0 aromatic heterocycles. The smallest absolute Gasteiger partial charge is 0.224 e. The lowest BCUT2D eigenvalue weighted by atomic mass is 10.1. The van der Waals surface area contributed by atoms with Crippen molar-refractivity contribution in [2.45, 2.75) is 57.0 Å². The third-order valence-corrected chi connectivity index (χ3v) is 4.78. The number of likely N-dealkylation sites (tertiary alicyclic amines) is 1. The molecule has 3 rings (SSSR count). The Hall–Kier alpha value is -1.35. The number of aryl methyl sites for hydroxylation is 1. The van der Waals surface area contributed by atoms with Gasteiger partial charge in [-0.2, -0.15) is 0 Å². The van der Waals surface area contributed by atoms with Crippen molar-refractivity contribution in [1.82, 2.24) is 10.2 Å². The van der Waals surface area contributed by atoms with Crippen molar-refractivity contribution in [2.75, 3.05) is 13.1 Å². The van der Waals surface area contributed by atoms with Crippen molar-refractivity contribution in [3.05, 3.63) is 35.9 Å². The van der Waals surface area contributed by atoms with Gasteiger partial charge in [0.15, 0.2) is 0 Å². The molecule has 0 bridgehead atoms. The maximum atomic E-state index is 12.1. The molecule has 1 aliphatic carbocycles. The Kier molecular flexibility index (Phi) is 4.91. The quantitative estimate of drug-likeness (QED) is 0.872. The highest BCUT2D eigenvalue weighted by Gasteiger charge is 2.30. The van der Waals surface area contributed by atoms with Gasteiger partial charge in [0.2, 0.25) is 5.91 Å². The highest BCUT2D eigenvalue weighted by atomic mass is 16.2. The van der Waals surface area contributed by atoms with Crippen LogP contribution in [0.5, 0.6) is 0 Å². The van der Waals surface area contributed by atoms with Crippen LogP contribution in [0.1, 0.15) is 44.1 Å². The molecule has 2 aliphatic rings. The zero-order chi connectivity index (χ0) is 14.5.